The van der Waals surface area contributed by atoms with E-state index in [9.17, 15) is 0 Å². The third-order valence-electron chi connectivity index (χ3n) is 6.59. The number of rotatable bonds is 9. The van der Waals surface area contributed by atoms with E-state index in [1.54, 1.807) is 25.6 Å². The molecule has 8 heteroatoms. The first-order valence-corrected chi connectivity index (χ1v) is 12.8. The molecule has 0 radical (unpaired) electrons. The van der Waals surface area contributed by atoms with Crippen molar-refractivity contribution in [2.75, 3.05) is 53.4 Å². The molecule has 0 aliphatic heterocycles. The van der Waals surface area contributed by atoms with Crippen molar-refractivity contribution in [1.82, 2.24) is 9.88 Å². The molecule has 0 spiro atoms. The number of fused-ring (bicyclic) bond motifs is 5. The average Bonchev–Trinajstić information content (AvgIpc) is 3.63. The van der Waals surface area contributed by atoms with Gasteiger partial charge >= 0.3 is 0 Å². The van der Waals surface area contributed by atoms with Gasteiger partial charge in [0.1, 0.15) is 5.71 Å². The number of thiophene rings is 1. The lowest BCUT2D eigenvalue weighted by Crippen LogP contribution is -2.28. The molecule has 0 bridgehead atoms. The molecule has 2 aromatic heterocycles. The SMILES string of the molecule is C#CC(ON=C1c2cc(OC)c(OC)cc2-c2[nH]c3ccc(N(C)CCN(C)C)cc3c21)c1cccs1. The van der Waals surface area contributed by atoms with Crippen LogP contribution in [-0.4, -0.2) is 64.0 Å². The number of likely N-dealkylation sites (N-methyl/N-ethyl adjacent to an activating group) is 2. The van der Waals surface area contributed by atoms with Crippen LogP contribution in [0.1, 0.15) is 22.1 Å². The van der Waals surface area contributed by atoms with Gasteiger partial charge in [0.25, 0.3) is 0 Å². The Morgan fingerprint density at radius 3 is 2.43 bits per heavy atom. The number of nitrogens with zero attached hydrogens (tertiary/aromatic N) is 3. The number of aromatic nitrogens is 1. The maximum atomic E-state index is 5.98. The Balaban J connectivity index is 1.65. The largest absolute Gasteiger partial charge is 0.493 e. The minimum atomic E-state index is -0.571. The van der Waals surface area contributed by atoms with E-state index in [1.807, 2.05) is 29.6 Å². The Kier molecular flexibility index (Phi) is 6.83. The summed E-state index contributed by atoms with van der Waals surface area (Å²) in [7, 11) is 9.54. The van der Waals surface area contributed by atoms with Crippen molar-refractivity contribution in [2.45, 2.75) is 6.10 Å². The molecule has 2 aromatic carbocycles. The Bertz CT molecular complexity index is 1500. The number of terminal acetylenes is 1. The molecule has 1 atom stereocenters. The van der Waals surface area contributed by atoms with E-state index in [0.29, 0.717) is 17.2 Å². The van der Waals surface area contributed by atoms with Gasteiger partial charge < -0.3 is 29.1 Å². The summed E-state index contributed by atoms with van der Waals surface area (Å²) in [6.07, 6.45) is 5.23. The second-order valence-electron chi connectivity index (χ2n) is 9.19. The highest BCUT2D eigenvalue weighted by Crippen LogP contribution is 2.46. The monoisotopic (exact) mass is 514 g/mol. The van der Waals surface area contributed by atoms with Crippen molar-refractivity contribution in [1.29, 1.82) is 0 Å². The summed E-state index contributed by atoms with van der Waals surface area (Å²) in [6, 6.07) is 14.3. The third kappa shape index (κ3) is 4.52. The maximum absolute atomic E-state index is 5.98. The zero-order valence-corrected chi connectivity index (χ0v) is 22.5. The van der Waals surface area contributed by atoms with Gasteiger partial charge in [0.2, 0.25) is 6.10 Å². The summed E-state index contributed by atoms with van der Waals surface area (Å²) in [6.45, 7) is 1.87. The van der Waals surface area contributed by atoms with Gasteiger partial charge in [-0.05, 0) is 55.9 Å². The summed E-state index contributed by atoms with van der Waals surface area (Å²) < 4.78 is 11.2. The van der Waals surface area contributed by atoms with E-state index >= 15 is 0 Å². The standard InChI is InChI=1S/C29H30N4O3S/c1-7-23(26-9-8-14-37-26)36-31-29-20-17-25(35-6)24(34-5)16-19(20)28-27(29)21-15-18(10-11-22(21)30-28)33(4)13-12-32(2)3/h1,8-11,14-17,23,30H,12-13H2,2-6H3. The van der Waals surface area contributed by atoms with E-state index in [1.165, 1.54) is 0 Å². The molecule has 190 valence electrons. The van der Waals surface area contributed by atoms with Gasteiger partial charge in [-0.2, -0.15) is 0 Å². The van der Waals surface area contributed by atoms with E-state index < -0.39 is 6.10 Å². The molecule has 1 unspecified atom stereocenters. The molecule has 0 amide bonds. The molecule has 4 aromatic rings. The number of benzene rings is 2. The van der Waals surface area contributed by atoms with Gasteiger partial charge in [-0.1, -0.05) is 17.1 Å². The number of oxime groups is 1. The highest BCUT2D eigenvalue weighted by atomic mass is 32.1. The molecule has 0 fully saturated rings. The fraction of sp³-hybridized carbons (Fsp3) is 0.276. The van der Waals surface area contributed by atoms with Crippen LogP contribution in [-0.2, 0) is 4.84 Å². The van der Waals surface area contributed by atoms with Crippen LogP contribution in [0.4, 0.5) is 5.69 Å². The Labute approximate surface area is 221 Å². The van der Waals surface area contributed by atoms with Crippen LogP contribution >= 0.6 is 11.3 Å². The lowest BCUT2D eigenvalue weighted by atomic mass is 10.0. The predicted molar refractivity (Wildman–Crippen MR) is 151 cm³/mol. The quantitative estimate of drug-likeness (QED) is 0.212. The number of H-pyrrole nitrogens is 1. The number of hydrogen-bond acceptors (Lipinski definition) is 7. The van der Waals surface area contributed by atoms with E-state index in [-0.39, 0.29) is 0 Å². The molecule has 0 saturated heterocycles. The fourth-order valence-corrected chi connectivity index (χ4v) is 5.27. The van der Waals surface area contributed by atoms with Gasteiger partial charge in [0.15, 0.2) is 11.5 Å². The van der Waals surface area contributed by atoms with Crippen molar-refractivity contribution in [3.63, 3.8) is 0 Å². The third-order valence-corrected chi connectivity index (χ3v) is 7.51. The Morgan fingerprint density at radius 2 is 1.78 bits per heavy atom. The molecule has 1 N–H and O–H groups in total. The van der Waals surface area contributed by atoms with Gasteiger partial charge in [-0.25, -0.2) is 0 Å². The highest BCUT2D eigenvalue weighted by Gasteiger charge is 2.32. The fourth-order valence-electron chi connectivity index (χ4n) is 4.57. The average molecular weight is 515 g/mol. The van der Waals surface area contributed by atoms with Crippen LogP contribution in [0.15, 0.2) is 53.0 Å². The molecule has 1 aliphatic rings. The minimum absolute atomic E-state index is 0.571. The zero-order chi connectivity index (χ0) is 26.1. The second kappa shape index (κ2) is 10.2. The molecule has 7 nitrogen and oxygen atoms in total. The first kappa shape index (κ1) is 24.8. The number of aromatic amines is 1. The number of nitrogens with one attached hydrogen (secondary N) is 1. The number of hydrogen-bond donors (Lipinski definition) is 1. The van der Waals surface area contributed by atoms with Gasteiger partial charge in [-0.15, -0.1) is 17.8 Å². The molecule has 0 saturated carbocycles. The molecule has 37 heavy (non-hydrogen) atoms. The summed E-state index contributed by atoms with van der Waals surface area (Å²) >= 11 is 1.55. The predicted octanol–water partition coefficient (Wildman–Crippen LogP) is 5.37. The first-order valence-electron chi connectivity index (χ1n) is 12.0. The van der Waals surface area contributed by atoms with Crippen LogP contribution in [0.5, 0.6) is 11.5 Å². The Morgan fingerprint density at radius 1 is 1.03 bits per heavy atom. The van der Waals surface area contributed by atoms with Gasteiger partial charge in [0.05, 0.1) is 24.8 Å². The van der Waals surface area contributed by atoms with Crippen LogP contribution in [0, 0.1) is 12.3 Å². The van der Waals surface area contributed by atoms with Crippen LogP contribution in [0.2, 0.25) is 0 Å². The van der Waals surface area contributed by atoms with Crippen LogP contribution < -0.4 is 14.4 Å². The summed E-state index contributed by atoms with van der Waals surface area (Å²) in [5.41, 5.74) is 6.68. The summed E-state index contributed by atoms with van der Waals surface area (Å²) in [5, 5.41) is 7.70. The number of methoxy groups -OCH3 is 2. The maximum Gasteiger partial charge on any atom is 0.221 e. The van der Waals surface area contributed by atoms with Crippen LogP contribution in [0.25, 0.3) is 22.2 Å². The highest BCUT2D eigenvalue weighted by molar-refractivity contribution is 7.10. The lowest BCUT2D eigenvalue weighted by Gasteiger charge is -2.21. The lowest BCUT2D eigenvalue weighted by molar-refractivity contribution is 0.103. The number of anilines is 1. The van der Waals surface area contributed by atoms with E-state index in [0.717, 1.165) is 56.9 Å². The second-order valence-corrected chi connectivity index (χ2v) is 10.2. The van der Waals surface area contributed by atoms with E-state index in [4.69, 9.17) is 20.7 Å². The minimum Gasteiger partial charge on any atom is -0.493 e. The van der Waals surface area contributed by atoms with Gasteiger partial charge in [-0.3, -0.25) is 0 Å². The number of ether oxygens (including phenoxy) is 2. The normalized spacial score (nSPS) is 13.9. The van der Waals surface area contributed by atoms with Crippen molar-refractivity contribution in [3.8, 4) is 35.1 Å². The van der Waals surface area contributed by atoms with Crippen LogP contribution in [0.3, 0.4) is 0 Å². The van der Waals surface area contributed by atoms with Crippen molar-refractivity contribution < 1.29 is 14.3 Å². The summed E-state index contributed by atoms with van der Waals surface area (Å²) in [5.74, 6) is 3.99. The molecule has 5 rings (SSSR count). The molecular formula is C29H30N4O3S. The zero-order valence-electron chi connectivity index (χ0n) is 21.7. The van der Waals surface area contributed by atoms with Crippen molar-refractivity contribution in [3.05, 3.63) is 63.8 Å². The smallest absolute Gasteiger partial charge is 0.221 e. The molecule has 2 heterocycles. The Hall–Kier alpha value is -3.93. The molecular weight excluding hydrogens is 484 g/mol. The summed E-state index contributed by atoms with van der Waals surface area (Å²) in [4.78, 5) is 14.9. The topological polar surface area (TPSA) is 62.3 Å². The van der Waals surface area contributed by atoms with Crippen molar-refractivity contribution >= 4 is 33.6 Å². The van der Waals surface area contributed by atoms with Crippen molar-refractivity contribution in [2.24, 2.45) is 5.16 Å². The van der Waals surface area contributed by atoms with E-state index in [2.05, 4.69) is 65.2 Å². The first-order chi connectivity index (χ1) is 17.9. The van der Waals surface area contributed by atoms with Gasteiger partial charge in [0, 0.05) is 53.4 Å². The molecule has 1 aliphatic carbocycles.